The van der Waals surface area contributed by atoms with Crippen molar-refractivity contribution in [2.45, 2.75) is 60.2 Å². The fourth-order valence-electron chi connectivity index (χ4n) is 3.72. The van der Waals surface area contributed by atoms with Gasteiger partial charge in [0, 0.05) is 57.9 Å². The summed E-state index contributed by atoms with van der Waals surface area (Å²) in [4.78, 5) is 7.59. The summed E-state index contributed by atoms with van der Waals surface area (Å²) in [5, 5.41) is 12.5. The molecule has 1 heterocycles. The average Bonchev–Trinajstić information content (AvgIpc) is 2.62. The SMILES string of the molecule is Cc1cc(C)c([O-])c(CN2CCN(C(C)C)CCN(C(C)C)CC2)c1.[K+]. The maximum Gasteiger partial charge on any atom is 1.00 e. The van der Waals surface area contributed by atoms with Crippen LogP contribution in [0.2, 0.25) is 0 Å². The predicted molar refractivity (Wildman–Crippen MR) is 104 cm³/mol. The van der Waals surface area contributed by atoms with E-state index in [-0.39, 0.29) is 57.1 Å². The Morgan fingerprint density at radius 3 is 1.77 bits per heavy atom. The topological polar surface area (TPSA) is 32.8 Å². The van der Waals surface area contributed by atoms with Crippen molar-refractivity contribution in [3.63, 3.8) is 0 Å². The maximum atomic E-state index is 12.5. The van der Waals surface area contributed by atoms with E-state index < -0.39 is 0 Å². The van der Waals surface area contributed by atoms with Crippen molar-refractivity contribution in [1.82, 2.24) is 14.7 Å². The second kappa shape index (κ2) is 11.5. The molecule has 0 saturated carbocycles. The van der Waals surface area contributed by atoms with Crippen LogP contribution in [0.1, 0.15) is 44.4 Å². The van der Waals surface area contributed by atoms with E-state index in [0.717, 1.165) is 56.9 Å². The summed E-state index contributed by atoms with van der Waals surface area (Å²) in [5.41, 5.74) is 3.00. The molecule has 0 atom stereocenters. The summed E-state index contributed by atoms with van der Waals surface area (Å²) in [6.45, 7) is 20.3. The smallest absolute Gasteiger partial charge is 0.872 e. The van der Waals surface area contributed by atoms with Crippen LogP contribution in [0, 0.1) is 13.8 Å². The van der Waals surface area contributed by atoms with Gasteiger partial charge < -0.3 is 5.11 Å². The van der Waals surface area contributed by atoms with Crippen LogP contribution in [0.25, 0.3) is 0 Å². The summed E-state index contributed by atoms with van der Waals surface area (Å²) in [5.74, 6) is 0.215. The molecule has 0 amide bonds. The molecular formula is C21H36KN3O. The van der Waals surface area contributed by atoms with Crippen LogP contribution >= 0.6 is 0 Å². The van der Waals surface area contributed by atoms with E-state index in [9.17, 15) is 5.11 Å². The van der Waals surface area contributed by atoms with Gasteiger partial charge in [0.15, 0.2) is 0 Å². The molecule has 142 valence electrons. The van der Waals surface area contributed by atoms with E-state index in [1.54, 1.807) is 0 Å². The van der Waals surface area contributed by atoms with Gasteiger partial charge in [-0.15, -0.1) is 5.75 Å². The first-order chi connectivity index (χ1) is 11.8. The van der Waals surface area contributed by atoms with Crippen molar-refractivity contribution in [2.24, 2.45) is 0 Å². The molecule has 0 N–H and O–H groups in total. The van der Waals surface area contributed by atoms with Crippen LogP contribution in [-0.2, 0) is 6.54 Å². The Balaban J connectivity index is 0.00000338. The molecular weight excluding hydrogens is 349 g/mol. The van der Waals surface area contributed by atoms with Crippen molar-refractivity contribution >= 4 is 0 Å². The third-order valence-electron chi connectivity index (χ3n) is 5.43. The zero-order valence-corrected chi connectivity index (χ0v) is 21.1. The molecule has 1 aromatic carbocycles. The summed E-state index contributed by atoms with van der Waals surface area (Å²) in [6.07, 6.45) is 0. The molecule has 1 aliphatic heterocycles. The molecule has 0 radical (unpaired) electrons. The standard InChI is InChI=1S/C21H37N3O.K/c1-16(2)23-9-7-22(8-10-24(12-11-23)17(3)4)15-20-14-18(5)13-19(6)21(20)25;/h13-14,16-17,25H,7-12,15H2,1-6H3;/q;+1/p-1. The van der Waals surface area contributed by atoms with Gasteiger partial charge in [0.1, 0.15) is 0 Å². The molecule has 1 saturated heterocycles. The van der Waals surface area contributed by atoms with Gasteiger partial charge in [-0.2, -0.15) is 0 Å². The minimum atomic E-state index is 0. The number of aryl methyl sites for hydroxylation is 2. The number of benzene rings is 1. The Kier molecular flexibility index (Phi) is 10.9. The minimum Gasteiger partial charge on any atom is -0.872 e. The van der Waals surface area contributed by atoms with E-state index in [0.29, 0.717) is 12.1 Å². The Morgan fingerprint density at radius 1 is 0.846 bits per heavy atom. The van der Waals surface area contributed by atoms with Gasteiger partial charge in [0.2, 0.25) is 0 Å². The molecule has 26 heavy (non-hydrogen) atoms. The zero-order chi connectivity index (χ0) is 18.6. The summed E-state index contributed by atoms with van der Waals surface area (Å²) >= 11 is 0. The quantitative estimate of drug-likeness (QED) is 0.662. The van der Waals surface area contributed by atoms with Gasteiger partial charge in [-0.3, -0.25) is 14.7 Å². The van der Waals surface area contributed by atoms with Crippen molar-refractivity contribution in [3.8, 4) is 5.75 Å². The van der Waals surface area contributed by atoms with Crippen molar-refractivity contribution in [1.29, 1.82) is 0 Å². The Labute approximate surface area is 203 Å². The average molecular weight is 386 g/mol. The zero-order valence-electron chi connectivity index (χ0n) is 18.0. The number of rotatable bonds is 4. The Morgan fingerprint density at radius 2 is 1.31 bits per heavy atom. The summed E-state index contributed by atoms with van der Waals surface area (Å²) < 4.78 is 0. The number of nitrogens with zero attached hydrogens (tertiary/aromatic N) is 3. The second-order valence-corrected chi connectivity index (χ2v) is 8.11. The fourth-order valence-corrected chi connectivity index (χ4v) is 3.72. The van der Waals surface area contributed by atoms with Crippen LogP contribution in [0.15, 0.2) is 12.1 Å². The van der Waals surface area contributed by atoms with Crippen LogP contribution in [0.5, 0.6) is 5.75 Å². The number of hydrogen-bond acceptors (Lipinski definition) is 4. The van der Waals surface area contributed by atoms with Gasteiger partial charge in [-0.1, -0.05) is 23.3 Å². The van der Waals surface area contributed by atoms with Gasteiger partial charge >= 0.3 is 51.4 Å². The van der Waals surface area contributed by atoms with E-state index in [2.05, 4.69) is 55.4 Å². The van der Waals surface area contributed by atoms with E-state index in [1.807, 2.05) is 13.0 Å². The molecule has 4 nitrogen and oxygen atoms in total. The molecule has 0 spiro atoms. The third kappa shape index (κ3) is 7.17. The first-order valence-electron chi connectivity index (χ1n) is 9.75. The van der Waals surface area contributed by atoms with E-state index in [4.69, 9.17) is 0 Å². The maximum absolute atomic E-state index is 12.5. The molecule has 0 bridgehead atoms. The van der Waals surface area contributed by atoms with Crippen LogP contribution < -0.4 is 56.5 Å². The molecule has 5 heteroatoms. The van der Waals surface area contributed by atoms with Gasteiger partial charge in [-0.05, 0) is 47.1 Å². The van der Waals surface area contributed by atoms with Gasteiger partial charge in [0.05, 0.1) is 0 Å². The molecule has 0 aliphatic carbocycles. The fraction of sp³-hybridized carbons (Fsp3) is 0.714. The van der Waals surface area contributed by atoms with Crippen LogP contribution in [0.4, 0.5) is 0 Å². The minimum absolute atomic E-state index is 0. The Bertz CT molecular complexity index is 542. The van der Waals surface area contributed by atoms with E-state index in [1.165, 1.54) is 5.56 Å². The number of hydrogen-bond donors (Lipinski definition) is 0. The first kappa shape index (κ1) is 24.6. The van der Waals surface area contributed by atoms with Crippen LogP contribution in [0.3, 0.4) is 0 Å². The summed E-state index contributed by atoms with van der Waals surface area (Å²) in [6, 6.07) is 5.18. The van der Waals surface area contributed by atoms with Crippen molar-refractivity contribution in [3.05, 3.63) is 28.8 Å². The molecule has 1 fully saturated rings. The van der Waals surface area contributed by atoms with E-state index >= 15 is 0 Å². The second-order valence-electron chi connectivity index (χ2n) is 8.11. The van der Waals surface area contributed by atoms with Crippen LogP contribution in [-0.4, -0.2) is 66.1 Å². The van der Waals surface area contributed by atoms with Crippen molar-refractivity contribution in [2.75, 3.05) is 39.3 Å². The Hall–Kier alpha value is 0.536. The summed E-state index contributed by atoms with van der Waals surface area (Å²) in [7, 11) is 0. The van der Waals surface area contributed by atoms with Gasteiger partial charge in [-0.25, -0.2) is 0 Å². The van der Waals surface area contributed by atoms with Crippen molar-refractivity contribution < 1.29 is 56.5 Å². The predicted octanol–water partition coefficient (Wildman–Crippen LogP) is -0.383. The monoisotopic (exact) mass is 385 g/mol. The normalized spacial score (nSPS) is 18.5. The molecule has 1 aromatic rings. The van der Waals surface area contributed by atoms with Gasteiger partial charge in [0.25, 0.3) is 0 Å². The molecule has 0 unspecified atom stereocenters. The third-order valence-corrected chi connectivity index (χ3v) is 5.43. The largest absolute Gasteiger partial charge is 1.00 e. The molecule has 0 aromatic heterocycles. The first-order valence-corrected chi connectivity index (χ1v) is 9.75. The molecule has 1 aliphatic rings. The molecule has 2 rings (SSSR count).